The van der Waals surface area contributed by atoms with Gasteiger partial charge in [-0.15, -0.1) is 6.58 Å². The van der Waals surface area contributed by atoms with Gasteiger partial charge < -0.3 is 9.64 Å². The number of carbonyl (C=O) groups excluding carboxylic acids is 1. The number of halogens is 3. The Kier molecular flexibility index (Phi) is 5.09. The zero-order chi connectivity index (χ0) is 17.2. The Labute approximate surface area is 137 Å². The number of alkyl halides is 3. The Bertz CT molecular complexity index is 643. The van der Waals surface area contributed by atoms with Crippen LogP contribution in [0.5, 0.6) is 0 Å². The maximum Gasteiger partial charge on any atom is 0.416 e. The summed E-state index contributed by atoms with van der Waals surface area (Å²) >= 11 is 5.26. The van der Waals surface area contributed by atoms with E-state index in [4.69, 9.17) is 12.2 Å². The van der Waals surface area contributed by atoms with Crippen molar-refractivity contribution >= 4 is 23.2 Å². The van der Waals surface area contributed by atoms with Gasteiger partial charge in [-0.2, -0.15) is 13.2 Å². The molecule has 1 atom stereocenters. The molecule has 1 heterocycles. The van der Waals surface area contributed by atoms with Crippen molar-refractivity contribution in [1.82, 2.24) is 4.90 Å². The number of rotatable bonds is 4. The van der Waals surface area contributed by atoms with E-state index in [2.05, 4.69) is 11.3 Å². The van der Waals surface area contributed by atoms with E-state index in [0.717, 1.165) is 6.07 Å². The molecule has 0 spiro atoms. The Morgan fingerprint density at radius 1 is 1.52 bits per heavy atom. The van der Waals surface area contributed by atoms with Gasteiger partial charge in [-0.1, -0.05) is 30.4 Å². The van der Waals surface area contributed by atoms with E-state index >= 15 is 0 Å². The summed E-state index contributed by atoms with van der Waals surface area (Å²) in [6, 6.07) is 3.46. The number of carbonyl (C=O) groups is 1. The number of hydrogen-bond donors (Lipinski definition) is 0. The molecule has 0 radical (unpaired) electrons. The first-order chi connectivity index (χ1) is 10.8. The average Bonchev–Trinajstić information content (AvgIpc) is 2.45. The summed E-state index contributed by atoms with van der Waals surface area (Å²) < 4.78 is 44.3. The summed E-state index contributed by atoms with van der Waals surface area (Å²) in [5.41, 5.74) is -0.312. The molecule has 1 unspecified atom stereocenters. The normalized spacial score (nSPS) is 17.4. The molecule has 23 heavy (non-hydrogen) atoms. The van der Waals surface area contributed by atoms with Gasteiger partial charge >= 0.3 is 12.1 Å². The molecule has 0 N–H and O–H groups in total. The second-order valence-electron chi connectivity index (χ2n) is 5.19. The lowest BCUT2D eigenvalue weighted by atomic mass is 9.98. The second-order valence-corrected chi connectivity index (χ2v) is 5.58. The topological polar surface area (TPSA) is 29.5 Å². The third-order valence-electron chi connectivity index (χ3n) is 3.78. The maximum atomic E-state index is 13.2. The Hall–Kier alpha value is -1.89. The van der Waals surface area contributed by atoms with Crippen molar-refractivity contribution in [2.24, 2.45) is 0 Å². The van der Waals surface area contributed by atoms with E-state index in [1.54, 1.807) is 11.0 Å². The summed E-state index contributed by atoms with van der Waals surface area (Å²) in [7, 11) is 1.27. The number of hydrogen-bond acceptors (Lipinski definition) is 3. The third-order valence-corrected chi connectivity index (χ3v) is 4.25. The van der Waals surface area contributed by atoms with Crippen molar-refractivity contribution in [2.45, 2.75) is 25.1 Å². The van der Waals surface area contributed by atoms with E-state index in [9.17, 15) is 18.0 Å². The molecule has 1 aromatic carbocycles. The van der Waals surface area contributed by atoms with E-state index in [1.165, 1.54) is 19.3 Å². The summed E-state index contributed by atoms with van der Waals surface area (Å²) in [6.45, 7) is 4.00. The lowest BCUT2D eigenvalue weighted by Crippen LogP contribution is -2.55. The smallest absolute Gasteiger partial charge is 0.416 e. The highest BCUT2D eigenvalue weighted by Gasteiger charge is 2.38. The van der Waals surface area contributed by atoms with Crippen molar-refractivity contribution in [3.63, 3.8) is 0 Å². The molecule has 0 amide bonds. The van der Waals surface area contributed by atoms with E-state index in [1.807, 2.05) is 0 Å². The van der Waals surface area contributed by atoms with Crippen molar-refractivity contribution in [3.8, 4) is 0 Å². The molecule has 0 aliphatic carbocycles. The van der Waals surface area contributed by atoms with Gasteiger partial charge in [0.15, 0.2) is 0 Å². The lowest BCUT2D eigenvalue weighted by molar-refractivity contribution is -0.148. The van der Waals surface area contributed by atoms with Crippen LogP contribution in [0, 0.1) is 0 Å². The molecule has 0 bridgehead atoms. The molecule has 124 valence electrons. The van der Waals surface area contributed by atoms with Crippen LogP contribution < -0.4 is 0 Å². The molecule has 3 nitrogen and oxygen atoms in total. The van der Waals surface area contributed by atoms with Gasteiger partial charge in [-0.25, -0.2) is 4.79 Å². The van der Waals surface area contributed by atoms with Crippen LogP contribution in [0.3, 0.4) is 0 Å². The molecule has 1 aliphatic heterocycles. The largest absolute Gasteiger partial charge is 0.467 e. The van der Waals surface area contributed by atoms with Crippen LogP contribution in [-0.2, 0) is 22.1 Å². The van der Waals surface area contributed by atoms with Gasteiger partial charge in [-0.05, 0) is 24.5 Å². The average molecular weight is 343 g/mol. The summed E-state index contributed by atoms with van der Waals surface area (Å²) in [5.74, 6) is -0.432. The molecule has 2 rings (SSSR count). The highest BCUT2D eigenvalue weighted by atomic mass is 32.1. The van der Waals surface area contributed by atoms with Gasteiger partial charge in [0.2, 0.25) is 0 Å². The Morgan fingerprint density at radius 3 is 2.70 bits per heavy atom. The monoisotopic (exact) mass is 343 g/mol. The zero-order valence-electron chi connectivity index (χ0n) is 12.5. The van der Waals surface area contributed by atoms with Crippen LogP contribution in [-0.4, -0.2) is 35.6 Å². The minimum Gasteiger partial charge on any atom is -0.467 e. The number of ether oxygens (including phenoxy) is 1. The molecule has 1 saturated heterocycles. The Morgan fingerprint density at radius 2 is 2.22 bits per heavy atom. The van der Waals surface area contributed by atoms with Crippen molar-refractivity contribution in [2.75, 3.05) is 13.7 Å². The van der Waals surface area contributed by atoms with Crippen LogP contribution in [0.2, 0.25) is 0 Å². The first-order valence-electron chi connectivity index (χ1n) is 6.99. The standard InChI is InChI=1S/C16H16F3NO2S/c1-3-4-10-5-6-11(9-12(10)16(17,18)19)14(23)20-8-7-13(20)15(21)22-2/h3,5-6,9,13H,1,4,7-8H2,2H3. The zero-order valence-corrected chi connectivity index (χ0v) is 13.3. The molecule has 1 aliphatic rings. The van der Waals surface area contributed by atoms with Crippen molar-refractivity contribution in [1.29, 1.82) is 0 Å². The fraction of sp³-hybridized carbons (Fsp3) is 0.375. The fourth-order valence-corrected chi connectivity index (χ4v) is 2.83. The van der Waals surface area contributed by atoms with Crippen LogP contribution in [0.1, 0.15) is 23.1 Å². The first kappa shape index (κ1) is 17.5. The van der Waals surface area contributed by atoms with Gasteiger partial charge in [0.25, 0.3) is 0 Å². The molecule has 0 saturated carbocycles. The van der Waals surface area contributed by atoms with Crippen LogP contribution in [0.4, 0.5) is 13.2 Å². The second kappa shape index (κ2) is 6.70. The molecule has 1 aromatic rings. The minimum absolute atomic E-state index is 0.121. The van der Waals surface area contributed by atoms with E-state index in [0.29, 0.717) is 13.0 Å². The van der Waals surface area contributed by atoms with Crippen LogP contribution >= 0.6 is 12.2 Å². The van der Waals surface area contributed by atoms with Gasteiger partial charge in [0.05, 0.1) is 12.7 Å². The molecule has 0 aromatic heterocycles. The number of esters is 1. The van der Waals surface area contributed by atoms with Crippen LogP contribution in [0.15, 0.2) is 30.9 Å². The summed E-state index contributed by atoms with van der Waals surface area (Å²) in [5, 5.41) is 0. The van der Waals surface area contributed by atoms with Crippen LogP contribution in [0.25, 0.3) is 0 Å². The minimum atomic E-state index is -4.47. The molecule has 7 heteroatoms. The predicted octanol–water partition coefficient (Wildman–Crippen LogP) is 3.36. The summed E-state index contributed by atoms with van der Waals surface area (Å²) in [4.78, 5) is 13.4. The van der Waals surface area contributed by atoms with Gasteiger partial charge in [-0.3, -0.25) is 0 Å². The fourth-order valence-electron chi connectivity index (χ4n) is 2.48. The number of thiocarbonyl (C=S) groups is 1. The quantitative estimate of drug-likeness (QED) is 0.476. The molecular formula is C16H16F3NO2S. The van der Waals surface area contributed by atoms with E-state index in [-0.39, 0.29) is 22.5 Å². The number of likely N-dealkylation sites (tertiary alicyclic amines) is 1. The number of allylic oxidation sites excluding steroid dienone is 1. The summed E-state index contributed by atoms with van der Waals surface area (Å²) in [6.07, 6.45) is -2.35. The Balaban J connectivity index is 2.31. The van der Waals surface area contributed by atoms with Crippen molar-refractivity contribution in [3.05, 3.63) is 47.5 Å². The molecular weight excluding hydrogens is 327 g/mol. The van der Waals surface area contributed by atoms with Gasteiger partial charge in [0, 0.05) is 12.1 Å². The van der Waals surface area contributed by atoms with E-state index < -0.39 is 23.8 Å². The highest BCUT2D eigenvalue weighted by Crippen LogP contribution is 2.34. The number of nitrogens with zero attached hydrogens (tertiary/aromatic N) is 1. The lowest BCUT2D eigenvalue weighted by Gasteiger charge is -2.40. The SMILES string of the molecule is C=CCc1ccc(C(=S)N2CCC2C(=O)OC)cc1C(F)(F)F. The van der Waals surface area contributed by atoms with Gasteiger partial charge in [0.1, 0.15) is 11.0 Å². The number of benzene rings is 1. The first-order valence-corrected chi connectivity index (χ1v) is 7.40. The maximum absolute atomic E-state index is 13.2. The number of methoxy groups -OCH3 is 1. The van der Waals surface area contributed by atoms with Crippen molar-refractivity contribution < 1.29 is 22.7 Å². The predicted molar refractivity (Wildman–Crippen MR) is 84.2 cm³/mol. The third kappa shape index (κ3) is 3.55. The molecule has 1 fully saturated rings. The highest BCUT2D eigenvalue weighted by molar-refractivity contribution is 7.80.